The summed E-state index contributed by atoms with van der Waals surface area (Å²) >= 11 is 6.80. The van der Waals surface area contributed by atoms with Crippen LogP contribution in [0.1, 0.15) is 68.5 Å². The van der Waals surface area contributed by atoms with Crippen LogP contribution in [0.15, 0.2) is 72.8 Å². The third-order valence-corrected chi connectivity index (χ3v) is 8.22. The molecule has 1 aliphatic heterocycles. The lowest BCUT2D eigenvalue weighted by atomic mass is 9.95. The van der Waals surface area contributed by atoms with Crippen molar-refractivity contribution in [3.05, 3.63) is 100 Å². The Bertz CT molecular complexity index is 1320. The molecule has 0 amide bonds. The van der Waals surface area contributed by atoms with Gasteiger partial charge in [-0.15, -0.1) is 0 Å². The van der Waals surface area contributed by atoms with E-state index in [1.807, 2.05) is 12.1 Å². The SMILES string of the molecule is CCc1cccc(CC)c1-c1nc(-c2ccccc2Cl)c(CN2CCCCC2c2ccccc2)n1CC. The number of aryl methyl sites for hydroxylation is 2. The Morgan fingerprint density at radius 2 is 1.54 bits per heavy atom. The van der Waals surface area contributed by atoms with Crippen molar-refractivity contribution >= 4 is 11.6 Å². The Morgan fingerprint density at radius 3 is 2.22 bits per heavy atom. The zero-order valence-electron chi connectivity index (χ0n) is 22.4. The summed E-state index contributed by atoms with van der Waals surface area (Å²) in [6, 6.07) is 26.3. The molecule has 1 aromatic heterocycles. The number of hydrogen-bond acceptors (Lipinski definition) is 2. The second-order valence-electron chi connectivity index (χ2n) is 10.0. The fourth-order valence-corrected chi connectivity index (χ4v) is 6.23. The third-order valence-electron chi connectivity index (χ3n) is 7.89. The number of piperidine rings is 1. The number of likely N-dealkylation sites (tertiary alicyclic amines) is 1. The number of benzene rings is 3. The van der Waals surface area contributed by atoms with Crippen LogP contribution in [-0.4, -0.2) is 21.0 Å². The van der Waals surface area contributed by atoms with Gasteiger partial charge in [-0.25, -0.2) is 4.98 Å². The van der Waals surface area contributed by atoms with Crippen LogP contribution >= 0.6 is 11.6 Å². The number of imidazole rings is 1. The molecule has 0 spiro atoms. The molecule has 1 unspecified atom stereocenters. The standard InChI is InChI=1S/C33H38ClN3/c1-4-24-17-14-18-25(5-2)31(24)33-35-32(27-19-10-11-20-28(27)34)30(37(33)6-3)23-36-22-13-12-21-29(36)26-15-8-7-9-16-26/h7-11,14-20,29H,4-6,12-13,21-23H2,1-3H3. The smallest absolute Gasteiger partial charge is 0.141 e. The van der Waals surface area contributed by atoms with Crippen LogP contribution in [-0.2, 0) is 25.9 Å². The van der Waals surface area contributed by atoms with E-state index in [1.165, 1.54) is 47.2 Å². The predicted molar refractivity (Wildman–Crippen MR) is 156 cm³/mol. The van der Waals surface area contributed by atoms with Crippen molar-refractivity contribution in [3.8, 4) is 22.6 Å². The molecule has 1 saturated heterocycles. The van der Waals surface area contributed by atoms with Crippen molar-refractivity contribution in [1.29, 1.82) is 0 Å². The normalized spacial score (nSPS) is 16.3. The predicted octanol–water partition coefficient (Wildman–Crippen LogP) is 8.74. The first-order valence-electron chi connectivity index (χ1n) is 13.9. The summed E-state index contributed by atoms with van der Waals surface area (Å²) in [7, 11) is 0. The molecule has 4 aromatic rings. The third kappa shape index (κ3) is 5.12. The van der Waals surface area contributed by atoms with Gasteiger partial charge in [0.15, 0.2) is 0 Å². The van der Waals surface area contributed by atoms with Crippen molar-refractivity contribution in [2.45, 2.75) is 72.0 Å². The molecule has 2 heterocycles. The molecule has 1 atom stereocenters. The molecule has 0 radical (unpaired) electrons. The second-order valence-corrected chi connectivity index (χ2v) is 10.4. The van der Waals surface area contributed by atoms with Gasteiger partial charge in [-0.3, -0.25) is 4.90 Å². The van der Waals surface area contributed by atoms with Crippen molar-refractivity contribution in [2.75, 3.05) is 6.54 Å². The number of rotatable bonds is 8. The Kier molecular flexibility index (Phi) is 8.12. The van der Waals surface area contributed by atoms with Gasteiger partial charge in [0.2, 0.25) is 0 Å². The van der Waals surface area contributed by atoms with E-state index in [-0.39, 0.29) is 0 Å². The Balaban J connectivity index is 1.69. The van der Waals surface area contributed by atoms with Gasteiger partial charge >= 0.3 is 0 Å². The van der Waals surface area contributed by atoms with Gasteiger partial charge in [-0.05, 0) is 61.9 Å². The zero-order chi connectivity index (χ0) is 25.8. The largest absolute Gasteiger partial charge is 0.327 e. The van der Waals surface area contributed by atoms with Crippen molar-refractivity contribution in [1.82, 2.24) is 14.5 Å². The lowest BCUT2D eigenvalue weighted by molar-refractivity contribution is 0.137. The van der Waals surface area contributed by atoms with E-state index >= 15 is 0 Å². The maximum atomic E-state index is 6.80. The average molecular weight is 512 g/mol. The minimum atomic E-state index is 0.423. The fourth-order valence-electron chi connectivity index (χ4n) is 6.00. The first-order valence-corrected chi connectivity index (χ1v) is 14.3. The summed E-state index contributed by atoms with van der Waals surface area (Å²) in [5.74, 6) is 1.08. The first-order chi connectivity index (χ1) is 18.2. The Hall–Kier alpha value is -2.88. The van der Waals surface area contributed by atoms with Gasteiger partial charge in [0, 0.05) is 30.3 Å². The van der Waals surface area contributed by atoms with Crippen LogP contribution in [0.4, 0.5) is 0 Å². The molecule has 37 heavy (non-hydrogen) atoms. The molecule has 5 rings (SSSR count). The Morgan fingerprint density at radius 1 is 0.838 bits per heavy atom. The highest BCUT2D eigenvalue weighted by Crippen LogP contribution is 2.39. The van der Waals surface area contributed by atoms with Crippen LogP contribution in [0.25, 0.3) is 22.6 Å². The molecule has 1 aliphatic rings. The molecular formula is C33H38ClN3. The van der Waals surface area contributed by atoms with E-state index in [2.05, 4.69) is 90.9 Å². The summed E-state index contributed by atoms with van der Waals surface area (Å²) in [6.07, 6.45) is 5.67. The highest BCUT2D eigenvalue weighted by molar-refractivity contribution is 6.33. The molecule has 0 saturated carbocycles. The van der Waals surface area contributed by atoms with E-state index in [0.717, 1.165) is 54.6 Å². The van der Waals surface area contributed by atoms with Gasteiger partial charge in [0.05, 0.1) is 16.4 Å². The zero-order valence-corrected chi connectivity index (χ0v) is 23.1. The number of halogens is 1. The monoisotopic (exact) mass is 511 g/mol. The minimum absolute atomic E-state index is 0.423. The van der Waals surface area contributed by atoms with Crippen LogP contribution in [0, 0.1) is 0 Å². The number of hydrogen-bond donors (Lipinski definition) is 0. The van der Waals surface area contributed by atoms with E-state index in [9.17, 15) is 0 Å². The average Bonchev–Trinajstić information content (AvgIpc) is 3.30. The first kappa shape index (κ1) is 25.8. The number of nitrogens with zero attached hydrogens (tertiary/aromatic N) is 3. The topological polar surface area (TPSA) is 21.1 Å². The van der Waals surface area contributed by atoms with Crippen molar-refractivity contribution in [2.24, 2.45) is 0 Å². The molecule has 0 aliphatic carbocycles. The van der Waals surface area contributed by atoms with Crippen LogP contribution in [0.5, 0.6) is 0 Å². The lowest BCUT2D eigenvalue weighted by Gasteiger charge is -2.36. The Labute approximate surface area is 227 Å². The quantitative estimate of drug-likeness (QED) is 0.236. The molecule has 0 bridgehead atoms. The summed E-state index contributed by atoms with van der Waals surface area (Å²) in [5, 5.41) is 0.758. The maximum absolute atomic E-state index is 6.80. The van der Waals surface area contributed by atoms with E-state index in [0.29, 0.717) is 6.04 Å². The van der Waals surface area contributed by atoms with Gasteiger partial charge in [-0.2, -0.15) is 0 Å². The molecule has 3 nitrogen and oxygen atoms in total. The molecule has 192 valence electrons. The van der Waals surface area contributed by atoms with Crippen LogP contribution < -0.4 is 0 Å². The summed E-state index contributed by atoms with van der Waals surface area (Å²) < 4.78 is 2.46. The second kappa shape index (κ2) is 11.7. The molecular weight excluding hydrogens is 474 g/mol. The molecule has 0 N–H and O–H groups in total. The molecule has 1 fully saturated rings. The van der Waals surface area contributed by atoms with Crippen LogP contribution in [0.3, 0.4) is 0 Å². The van der Waals surface area contributed by atoms with Gasteiger partial charge in [-0.1, -0.05) is 98.6 Å². The minimum Gasteiger partial charge on any atom is -0.327 e. The highest BCUT2D eigenvalue weighted by atomic mass is 35.5. The maximum Gasteiger partial charge on any atom is 0.141 e. The summed E-state index contributed by atoms with van der Waals surface area (Å²) in [5.41, 5.74) is 8.73. The van der Waals surface area contributed by atoms with E-state index < -0.39 is 0 Å². The van der Waals surface area contributed by atoms with Gasteiger partial charge < -0.3 is 4.57 Å². The molecule has 3 aromatic carbocycles. The fraction of sp³-hybridized carbons (Fsp3) is 0.364. The van der Waals surface area contributed by atoms with Crippen molar-refractivity contribution in [3.63, 3.8) is 0 Å². The lowest BCUT2D eigenvalue weighted by Crippen LogP contribution is -2.33. The van der Waals surface area contributed by atoms with E-state index in [1.54, 1.807) is 0 Å². The summed E-state index contributed by atoms with van der Waals surface area (Å²) in [6.45, 7) is 9.55. The highest BCUT2D eigenvalue weighted by Gasteiger charge is 2.29. The van der Waals surface area contributed by atoms with Crippen LogP contribution in [0.2, 0.25) is 5.02 Å². The number of aromatic nitrogens is 2. The van der Waals surface area contributed by atoms with E-state index in [4.69, 9.17) is 16.6 Å². The van der Waals surface area contributed by atoms with Gasteiger partial charge in [0.1, 0.15) is 5.82 Å². The van der Waals surface area contributed by atoms with Crippen molar-refractivity contribution < 1.29 is 0 Å². The van der Waals surface area contributed by atoms with Gasteiger partial charge in [0.25, 0.3) is 0 Å². The summed E-state index contributed by atoms with van der Waals surface area (Å²) in [4.78, 5) is 8.08. The molecule has 4 heteroatoms.